The Balaban J connectivity index is 3.22. The number of rotatable bonds is 3. The fourth-order valence-corrected chi connectivity index (χ4v) is 2.41. The van der Waals surface area contributed by atoms with Crippen LogP contribution in [0.5, 0.6) is 0 Å². The Morgan fingerprint density at radius 3 is 2.64 bits per heavy atom. The van der Waals surface area contributed by atoms with Gasteiger partial charge in [-0.2, -0.15) is 8.42 Å². The molecule has 14 heavy (non-hydrogen) atoms. The average Bonchev–Trinajstić information content (AvgIpc) is 2.51. The van der Waals surface area contributed by atoms with Gasteiger partial charge in [-0.05, 0) is 0 Å². The van der Waals surface area contributed by atoms with Crippen LogP contribution < -0.4 is 0 Å². The molecule has 9 heteroatoms. The molecule has 0 radical (unpaired) electrons. The van der Waals surface area contributed by atoms with Gasteiger partial charge in [0.1, 0.15) is 4.21 Å². The molecule has 0 bridgehead atoms. The summed E-state index contributed by atoms with van der Waals surface area (Å²) in [6.07, 6.45) is 0.869. The topological polar surface area (TPSA) is 107 Å². The summed E-state index contributed by atoms with van der Waals surface area (Å²) >= 11 is 0.622. The maximum atomic E-state index is 11.0. The number of thiophene rings is 1. The highest BCUT2D eigenvalue weighted by atomic mass is 32.2. The van der Waals surface area contributed by atoms with E-state index in [4.69, 9.17) is 0 Å². The standard InChI is InChI=1S/C5H2N2O5S2/c8-3-6-14(11,12)5-1-4(2-13-5)7(9)10/h1-2H. The predicted molar refractivity (Wildman–Crippen MR) is 46.3 cm³/mol. The Morgan fingerprint density at radius 2 is 2.21 bits per heavy atom. The van der Waals surface area contributed by atoms with E-state index in [1.807, 2.05) is 0 Å². The Kier molecular flexibility index (Phi) is 2.75. The Morgan fingerprint density at radius 1 is 1.57 bits per heavy atom. The number of carbonyl (C=O) groups excluding carboxylic acids is 1. The molecule has 0 aliphatic heterocycles. The lowest BCUT2D eigenvalue weighted by molar-refractivity contribution is -0.384. The van der Waals surface area contributed by atoms with Gasteiger partial charge in [0.05, 0.1) is 10.3 Å². The third kappa shape index (κ3) is 2.02. The van der Waals surface area contributed by atoms with Gasteiger partial charge < -0.3 is 0 Å². The van der Waals surface area contributed by atoms with Crippen molar-refractivity contribution in [1.29, 1.82) is 0 Å². The summed E-state index contributed by atoms with van der Waals surface area (Å²) in [6, 6.07) is 0.834. The third-order valence-corrected chi connectivity index (χ3v) is 3.76. The van der Waals surface area contributed by atoms with Crippen LogP contribution in [-0.2, 0) is 14.8 Å². The van der Waals surface area contributed by atoms with Crippen LogP contribution in [0.25, 0.3) is 0 Å². The number of nitro groups is 1. The molecule has 74 valence electrons. The molecule has 1 heterocycles. The first-order valence-corrected chi connectivity index (χ1v) is 5.36. The smallest absolute Gasteiger partial charge is 0.258 e. The second kappa shape index (κ2) is 3.66. The lowest BCUT2D eigenvalue weighted by atomic mass is 10.6. The molecule has 1 aromatic heterocycles. The number of isocyanates is 1. The largest absolute Gasteiger partial charge is 0.302 e. The molecule has 0 aliphatic rings. The van der Waals surface area contributed by atoms with E-state index < -0.39 is 14.9 Å². The van der Waals surface area contributed by atoms with Gasteiger partial charge in [0.2, 0.25) is 0 Å². The minimum Gasteiger partial charge on any atom is -0.258 e. The van der Waals surface area contributed by atoms with Crippen LogP contribution in [-0.4, -0.2) is 19.4 Å². The first-order valence-electron chi connectivity index (χ1n) is 3.04. The fourth-order valence-electron chi connectivity index (χ4n) is 0.632. The normalized spacial score (nSPS) is 10.6. The van der Waals surface area contributed by atoms with E-state index in [-0.39, 0.29) is 9.90 Å². The second-order valence-electron chi connectivity index (χ2n) is 2.04. The van der Waals surface area contributed by atoms with Crippen molar-refractivity contribution in [2.45, 2.75) is 4.21 Å². The van der Waals surface area contributed by atoms with Gasteiger partial charge in [-0.3, -0.25) is 10.1 Å². The molecular formula is C5H2N2O5S2. The number of hydrogen-bond donors (Lipinski definition) is 0. The molecule has 0 aliphatic carbocycles. The minimum absolute atomic E-state index is 0.352. The Hall–Kier alpha value is -1.57. The minimum atomic E-state index is -4.11. The van der Waals surface area contributed by atoms with Crippen LogP contribution in [0.2, 0.25) is 0 Å². The molecule has 0 saturated carbocycles. The molecule has 0 unspecified atom stereocenters. The van der Waals surface area contributed by atoms with Gasteiger partial charge in [-0.25, -0.2) is 4.79 Å². The van der Waals surface area contributed by atoms with E-state index in [0.717, 1.165) is 17.5 Å². The zero-order valence-corrected chi connectivity index (χ0v) is 8.04. The molecule has 0 atom stereocenters. The summed E-state index contributed by atoms with van der Waals surface area (Å²) in [6.45, 7) is 0. The first-order chi connectivity index (χ1) is 6.47. The third-order valence-electron chi connectivity index (χ3n) is 1.18. The lowest BCUT2D eigenvalue weighted by Crippen LogP contribution is -1.92. The SMILES string of the molecule is O=C=NS(=O)(=O)c1cc([N+](=O)[O-])cs1. The summed E-state index contributed by atoms with van der Waals surface area (Å²) in [5.74, 6) is 0. The average molecular weight is 234 g/mol. The summed E-state index contributed by atoms with van der Waals surface area (Å²) < 4.78 is 24.3. The second-order valence-corrected chi connectivity index (χ2v) is 4.78. The van der Waals surface area contributed by atoms with Crippen molar-refractivity contribution in [3.63, 3.8) is 0 Å². The van der Waals surface area contributed by atoms with Crippen LogP contribution >= 0.6 is 11.3 Å². The van der Waals surface area contributed by atoms with Gasteiger partial charge in [0.15, 0.2) is 0 Å². The van der Waals surface area contributed by atoms with Crippen LogP contribution in [0, 0.1) is 10.1 Å². The zero-order valence-electron chi connectivity index (χ0n) is 6.41. The number of nitrogens with zero attached hydrogens (tertiary/aromatic N) is 2. The van der Waals surface area contributed by atoms with Crippen molar-refractivity contribution in [3.8, 4) is 0 Å². The van der Waals surface area contributed by atoms with Gasteiger partial charge in [-0.15, -0.1) is 11.3 Å². The summed E-state index contributed by atoms with van der Waals surface area (Å²) in [5, 5.41) is 11.3. The molecule has 1 aromatic rings. The molecule has 1 rings (SSSR count). The quantitative estimate of drug-likeness (QED) is 0.331. The maximum Gasteiger partial charge on any atom is 0.302 e. The van der Waals surface area contributed by atoms with E-state index in [0.29, 0.717) is 11.3 Å². The van der Waals surface area contributed by atoms with E-state index >= 15 is 0 Å². The van der Waals surface area contributed by atoms with Gasteiger partial charge in [0, 0.05) is 6.07 Å². The molecule has 0 saturated heterocycles. The highest BCUT2D eigenvalue weighted by Gasteiger charge is 2.19. The van der Waals surface area contributed by atoms with Gasteiger partial charge in [0.25, 0.3) is 11.8 Å². The van der Waals surface area contributed by atoms with Crippen molar-refractivity contribution in [1.82, 2.24) is 0 Å². The van der Waals surface area contributed by atoms with Gasteiger partial charge in [-0.1, -0.05) is 4.40 Å². The van der Waals surface area contributed by atoms with Crippen molar-refractivity contribution < 1.29 is 18.1 Å². The van der Waals surface area contributed by atoms with E-state index in [9.17, 15) is 23.3 Å². The van der Waals surface area contributed by atoms with Crippen LogP contribution in [0.3, 0.4) is 0 Å². The fraction of sp³-hybridized carbons (Fsp3) is 0. The maximum absolute atomic E-state index is 11.0. The van der Waals surface area contributed by atoms with Crippen LogP contribution in [0.15, 0.2) is 20.1 Å². The van der Waals surface area contributed by atoms with E-state index in [1.54, 1.807) is 0 Å². The first kappa shape index (κ1) is 10.5. The molecule has 7 nitrogen and oxygen atoms in total. The zero-order chi connectivity index (χ0) is 10.8. The summed E-state index contributed by atoms with van der Waals surface area (Å²) in [4.78, 5) is 19.2. The van der Waals surface area contributed by atoms with Crippen LogP contribution in [0.4, 0.5) is 5.69 Å². The molecule has 0 spiro atoms. The van der Waals surface area contributed by atoms with E-state index in [1.165, 1.54) is 0 Å². The molecule has 0 N–H and O–H groups in total. The van der Waals surface area contributed by atoms with E-state index in [2.05, 4.69) is 4.40 Å². The molecule has 0 aromatic carbocycles. The predicted octanol–water partition coefficient (Wildman–Crippen LogP) is 0.681. The Labute approximate surface area is 81.9 Å². The van der Waals surface area contributed by atoms with Crippen LogP contribution in [0.1, 0.15) is 0 Å². The highest BCUT2D eigenvalue weighted by molar-refractivity contribution is 7.92. The monoisotopic (exact) mass is 234 g/mol. The van der Waals surface area contributed by atoms with Gasteiger partial charge >= 0.3 is 10.0 Å². The number of hydrogen-bond acceptors (Lipinski definition) is 6. The number of sulfonamides is 1. The Bertz CT molecular complexity index is 510. The van der Waals surface area contributed by atoms with Crippen molar-refractivity contribution >= 4 is 33.1 Å². The van der Waals surface area contributed by atoms with Crippen molar-refractivity contribution in [2.24, 2.45) is 4.40 Å². The molecule has 0 fully saturated rings. The molecule has 0 amide bonds. The van der Waals surface area contributed by atoms with Crippen molar-refractivity contribution in [3.05, 3.63) is 21.6 Å². The summed E-state index contributed by atoms with van der Waals surface area (Å²) in [7, 11) is -4.11. The van der Waals surface area contributed by atoms with Crippen molar-refractivity contribution in [2.75, 3.05) is 0 Å². The molecular weight excluding hydrogens is 232 g/mol. The lowest BCUT2D eigenvalue weighted by Gasteiger charge is -1.86. The highest BCUT2D eigenvalue weighted by Crippen LogP contribution is 2.26. The summed E-state index contributed by atoms with van der Waals surface area (Å²) in [5.41, 5.74) is -0.352.